The molecule has 81 heavy (non-hydrogen) atoms. The molecule has 0 aliphatic heterocycles. The fourth-order valence-corrected chi connectivity index (χ4v) is 8.93. The molecule has 0 aliphatic rings. The topological polar surface area (TPSA) is 78.9 Å². The van der Waals surface area contributed by atoms with Crippen LogP contribution >= 0.6 is 0 Å². The average molecular weight is 1120 g/mol. The molecule has 0 fully saturated rings. The lowest BCUT2D eigenvalue weighted by atomic mass is 10.0. The van der Waals surface area contributed by atoms with Crippen LogP contribution in [0.25, 0.3) is 0 Å². The summed E-state index contributed by atoms with van der Waals surface area (Å²) >= 11 is 0. The van der Waals surface area contributed by atoms with Crippen molar-refractivity contribution >= 4 is 17.9 Å². The Kier molecular flexibility index (Phi) is 63.9. The summed E-state index contributed by atoms with van der Waals surface area (Å²) in [6.07, 6.45) is 97.4. The number of ether oxygens (including phenoxy) is 3. The Labute approximate surface area is 499 Å². The minimum atomic E-state index is -0.832. The molecule has 0 aromatic rings. The lowest BCUT2D eigenvalue weighted by Gasteiger charge is -2.18. The Morgan fingerprint density at radius 3 is 0.864 bits per heavy atom. The second kappa shape index (κ2) is 67.8. The van der Waals surface area contributed by atoms with E-state index in [0.717, 1.165) is 122 Å². The van der Waals surface area contributed by atoms with Crippen molar-refractivity contribution in [3.8, 4) is 0 Å². The molecule has 458 valence electrons. The molecule has 0 aromatic heterocycles. The second-order valence-electron chi connectivity index (χ2n) is 21.6. The zero-order valence-corrected chi connectivity index (χ0v) is 52.5. The summed E-state index contributed by atoms with van der Waals surface area (Å²) in [6.45, 7) is 6.32. The quantitative estimate of drug-likeness (QED) is 0.0261. The highest BCUT2D eigenvalue weighted by molar-refractivity contribution is 5.72. The van der Waals surface area contributed by atoms with Gasteiger partial charge in [0.15, 0.2) is 6.10 Å². The first kappa shape index (κ1) is 76.3. The van der Waals surface area contributed by atoms with Crippen LogP contribution in [0.1, 0.15) is 290 Å². The summed E-state index contributed by atoms with van der Waals surface area (Å²) in [5, 5.41) is 0. The average Bonchev–Trinajstić information content (AvgIpc) is 3.47. The van der Waals surface area contributed by atoms with Crippen LogP contribution in [0, 0.1) is 0 Å². The number of carbonyl (C=O) groups excluding carboxylic acids is 3. The van der Waals surface area contributed by atoms with Crippen molar-refractivity contribution < 1.29 is 28.6 Å². The zero-order chi connectivity index (χ0) is 58.5. The molecule has 6 nitrogen and oxygen atoms in total. The predicted molar refractivity (Wildman–Crippen MR) is 352 cm³/mol. The van der Waals surface area contributed by atoms with Gasteiger partial charge < -0.3 is 14.2 Å². The Morgan fingerprint density at radius 2 is 0.531 bits per heavy atom. The number of allylic oxidation sites excluding steroid dienone is 23. The number of unbranched alkanes of at least 4 members (excludes halogenated alkanes) is 25. The van der Waals surface area contributed by atoms with Crippen LogP contribution in [0.2, 0.25) is 0 Å². The van der Waals surface area contributed by atoms with Gasteiger partial charge in [-0.05, 0) is 122 Å². The normalized spacial score (nSPS) is 13.1. The van der Waals surface area contributed by atoms with Gasteiger partial charge in [0.25, 0.3) is 0 Å². The summed E-state index contributed by atoms with van der Waals surface area (Å²) in [5.74, 6) is -1.06. The fourth-order valence-electron chi connectivity index (χ4n) is 8.93. The smallest absolute Gasteiger partial charge is 0.309 e. The molecule has 1 unspecified atom stereocenters. The molecule has 0 spiro atoms. The highest BCUT2D eigenvalue weighted by Crippen LogP contribution is 2.16. The van der Waals surface area contributed by atoms with Crippen LogP contribution in [0.4, 0.5) is 0 Å². The van der Waals surface area contributed by atoms with Crippen molar-refractivity contribution in [2.75, 3.05) is 13.2 Å². The maximum atomic E-state index is 12.9. The highest BCUT2D eigenvalue weighted by atomic mass is 16.6. The van der Waals surface area contributed by atoms with Gasteiger partial charge in [-0.15, -0.1) is 0 Å². The molecule has 0 saturated carbocycles. The van der Waals surface area contributed by atoms with Crippen molar-refractivity contribution in [3.63, 3.8) is 0 Å². The van der Waals surface area contributed by atoms with Gasteiger partial charge >= 0.3 is 17.9 Å². The van der Waals surface area contributed by atoms with E-state index in [-0.39, 0.29) is 31.6 Å². The van der Waals surface area contributed by atoms with E-state index < -0.39 is 12.1 Å². The maximum absolute atomic E-state index is 12.9. The third-order valence-electron chi connectivity index (χ3n) is 13.8. The fraction of sp³-hybridized carbons (Fsp3) is 0.640. The van der Waals surface area contributed by atoms with Gasteiger partial charge in [-0.25, -0.2) is 0 Å². The van der Waals surface area contributed by atoms with Gasteiger partial charge in [0.05, 0.1) is 6.42 Å². The summed E-state index contributed by atoms with van der Waals surface area (Å²) in [5.41, 5.74) is 0. The highest BCUT2D eigenvalue weighted by Gasteiger charge is 2.19. The molecule has 0 rings (SSSR count). The van der Waals surface area contributed by atoms with E-state index in [4.69, 9.17) is 14.2 Å². The van der Waals surface area contributed by atoms with Crippen molar-refractivity contribution in [2.24, 2.45) is 0 Å². The standard InChI is InChI=1S/C75H122O6/c1-4-7-10-13-16-19-22-25-28-30-32-34-36-37-39-40-42-44-47-50-53-56-59-62-65-68-74(77)80-71-72(70-79-73(76)67-64-61-58-55-52-49-46-27-24-21-18-15-12-9-6-3)81-75(78)69-66-63-60-57-54-51-48-45-43-41-38-35-33-31-29-26-23-20-17-14-11-8-5-2/h8-9,11-12,17-18,20-22,25-27,29-30,32-33,35,41,43,46,52,55,61,64,72H,4-7,10,13-16,19,23-24,28,31,34,36-40,42,44-45,47-51,53-54,56-60,62-63,65-71H2,1-3H3/b11-8-,12-9-,20-17-,21-18-,25-22-,29-26-,32-30-,35-33-,43-41-,46-27-,55-52-,64-61-. The van der Waals surface area contributed by atoms with Crippen molar-refractivity contribution in [1.29, 1.82) is 0 Å². The number of hydrogen-bond acceptors (Lipinski definition) is 6. The third-order valence-corrected chi connectivity index (χ3v) is 13.8. The lowest BCUT2D eigenvalue weighted by molar-refractivity contribution is -0.166. The molecule has 0 N–H and O–H groups in total. The Balaban J connectivity index is 4.44. The Bertz CT molecular complexity index is 1760. The molecule has 0 aromatic carbocycles. The molecule has 0 aliphatic carbocycles. The second-order valence-corrected chi connectivity index (χ2v) is 21.6. The van der Waals surface area contributed by atoms with Crippen LogP contribution in [-0.2, 0) is 28.6 Å². The minimum absolute atomic E-state index is 0.117. The first-order valence-electron chi connectivity index (χ1n) is 33.3. The first-order valence-corrected chi connectivity index (χ1v) is 33.3. The largest absolute Gasteiger partial charge is 0.462 e. The van der Waals surface area contributed by atoms with E-state index in [1.54, 1.807) is 6.08 Å². The van der Waals surface area contributed by atoms with E-state index in [1.165, 1.54) is 128 Å². The molecular weight excluding hydrogens is 997 g/mol. The third kappa shape index (κ3) is 66.0. The maximum Gasteiger partial charge on any atom is 0.309 e. The SMILES string of the molecule is CC/C=C\C/C=C\C/C=C\C/C=C\C/C=C\CCCCCCCCCC(=O)OC(COC(=O)C/C=C\C/C=C\C/C=C\C/C=C\C/C=C\CC)COC(=O)CCCCCCCCCCCCCCC/C=C\C/C=C\CCCCCCC. The van der Waals surface area contributed by atoms with Crippen molar-refractivity contribution in [1.82, 2.24) is 0 Å². The van der Waals surface area contributed by atoms with E-state index in [2.05, 4.69) is 154 Å². The van der Waals surface area contributed by atoms with Crippen molar-refractivity contribution in [3.05, 3.63) is 146 Å². The molecule has 0 heterocycles. The molecule has 0 bridgehead atoms. The zero-order valence-electron chi connectivity index (χ0n) is 52.5. The summed E-state index contributed by atoms with van der Waals surface area (Å²) in [7, 11) is 0. The summed E-state index contributed by atoms with van der Waals surface area (Å²) in [4.78, 5) is 38.3. The van der Waals surface area contributed by atoms with Gasteiger partial charge in [0, 0.05) is 12.8 Å². The Morgan fingerprint density at radius 1 is 0.272 bits per heavy atom. The van der Waals surface area contributed by atoms with Crippen LogP contribution in [0.15, 0.2) is 146 Å². The van der Waals surface area contributed by atoms with Gasteiger partial charge in [0.2, 0.25) is 0 Å². The van der Waals surface area contributed by atoms with E-state index in [0.29, 0.717) is 12.8 Å². The van der Waals surface area contributed by atoms with E-state index in [1.807, 2.05) is 6.08 Å². The monoisotopic (exact) mass is 1120 g/mol. The van der Waals surface area contributed by atoms with Crippen LogP contribution in [0.3, 0.4) is 0 Å². The number of carbonyl (C=O) groups is 3. The van der Waals surface area contributed by atoms with Gasteiger partial charge in [-0.3, -0.25) is 14.4 Å². The van der Waals surface area contributed by atoms with E-state index >= 15 is 0 Å². The first-order chi connectivity index (χ1) is 40.0. The number of hydrogen-bond donors (Lipinski definition) is 0. The molecule has 6 heteroatoms. The molecule has 0 saturated heterocycles. The minimum Gasteiger partial charge on any atom is -0.462 e. The van der Waals surface area contributed by atoms with Crippen molar-refractivity contribution in [2.45, 2.75) is 297 Å². The number of esters is 3. The van der Waals surface area contributed by atoms with Gasteiger partial charge in [-0.2, -0.15) is 0 Å². The Hall–Kier alpha value is -4.71. The lowest BCUT2D eigenvalue weighted by Crippen LogP contribution is -2.30. The number of rotatable bonds is 59. The van der Waals surface area contributed by atoms with Gasteiger partial charge in [0.1, 0.15) is 13.2 Å². The van der Waals surface area contributed by atoms with E-state index in [9.17, 15) is 14.4 Å². The molecule has 0 amide bonds. The van der Waals surface area contributed by atoms with Crippen LogP contribution < -0.4 is 0 Å². The van der Waals surface area contributed by atoms with Gasteiger partial charge in [-0.1, -0.05) is 295 Å². The summed E-state index contributed by atoms with van der Waals surface area (Å²) < 4.78 is 16.8. The molecule has 1 atom stereocenters. The predicted octanol–water partition coefficient (Wildman–Crippen LogP) is 23.1. The molecular formula is C75H122O6. The van der Waals surface area contributed by atoms with Crippen LogP contribution in [-0.4, -0.2) is 37.2 Å². The summed E-state index contributed by atoms with van der Waals surface area (Å²) in [6, 6.07) is 0. The van der Waals surface area contributed by atoms with Crippen LogP contribution in [0.5, 0.6) is 0 Å². The molecule has 0 radical (unpaired) electrons.